The molecule has 1 aliphatic carbocycles. The summed E-state index contributed by atoms with van der Waals surface area (Å²) in [5.41, 5.74) is 0.427. The molecule has 1 fully saturated rings. The van der Waals surface area contributed by atoms with Crippen LogP contribution < -0.4 is 5.32 Å². The maximum absolute atomic E-state index is 11.9. The molecule has 1 aromatic rings. The highest BCUT2D eigenvalue weighted by molar-refractivity contribution is 5.91. The molecule has 1 saturated carbocycles. The Morgan fingerprint density at radius 3 is 2.61 bits per heavy atom. The Hall–Kier alpha value is -1.85. The zero-order valence-electron chi connectivity index (χ0n) is 10.7. The molecule has 2 rings (SSSR count). The number of carbonyl (C=O) groups is 2. The van der Waals surface area contributed by atoms with Gasteiger partial charge in [0.25, 0.3) is 0 Å². The summed E-state index contributed by atoms with van der Waals surface area (Å²) in [6.07, 6.45) is 1.66. The van der Waals surface area contributed by atoms with Crippen molar-refractivity contribution in [1.82, 2.24) is 15.1 Å². The first-order valence-electron chi connectivity index (χ1n) is 5.83. The fourth-order valence-electron chi connectivity index (χ4n) is 2.45. The molecule has 2 N–H and O–H groups in total. The Balaban J connectivity index is 1.94. The van der Waals surface area contributed by atoms with Crippen molar-refractivity contribution in [3.63, 3.8) is 0 Å². The Morgan fingerprint density at radius 2 is 2.17 bits per heavy atom. The van der Waals surface area contributed by atoms with Gasteiger partial charge in [-0.25, -0.2) is 0 Å². The van der Waals surface area contributed by atoms with Gasteiger partial charge < -0.3 is 10.4 Å². The lowest BCUT2D eigenvalue weighted by Crippen LogP contribution is -2.27. The van der Waals surface area contributed by atoms with Crippen LogP contribution in [0.2, 0.25) is 0 Å². The molecule has 0 spiro atoms. The quantitative estimate of drug-likeness (QED) is 0.811. The zero-order chi connectivity index (χ0) is 13.5. The molecule has 18 heavy (non-hydrogen) atoms. The van der Waals surface area contributed by atoms with E-state index in [0.29, 0.717) is 6.54 Å². The standard InChI is InChI=1S/C12H17N3O3/c1-12(2)8(9(12)11(17)18)10(16)13-6-7-4-5-14-15(7)3/h4-5,8-9H,6H2,1-3H3,(H,13,16)(H,17,18)/t8-,9+/m1/s1. The van der Waals surface area contributed by atoms with Gasteiger partial charge in [0.2, 0.25) is 5.91 Å². The van der Waals surface area contributed by atoms with Crippen LogP contribution >= 0.6 is 0 Å². The maximum atomic E-state index is 11.9. The van der Waals surface area contributed by atoms with Crippen LogP contribution in [0.1, 0.15) is 19.5 Å². The fraction of sp³-hybridized carbons (Fsp3) is 0.583. The van der Waals surface area contributed by atoms with Crippen molar-refractivity contribution >= 4 is 11.9 Å². The molecule has 6 heteroatoms. The minimum absolute atomic E-state index is 0.200. The number of nitrogens with zero attached hydrogens (tertiary/aromatic N) is 2. The lowest BCUT2D eigenvalue weighted by Gasteiger charge is -2.06. The first-order chi connectivity index (χ1) is 8.35. The summed E-state index contributed by atoms with van der Waals surface area (Å²) >= 11 is 0. The first-order valence-corrected chi connectivity index (χ1v) is 5.83. The van der Waals surface area contributed by atoms with Crippen LogP contribution in [0.5, 0.6) is 0 Å². The van der Waals surface area contributed by atoms with Gasteiger partial charge in [-0.05, 0) is 11.5 Å². The van der Waals surface area contributed by atoms with Crippen LogP contribution in [-0.2, 0) is 23.2 Å². The summed E-state index contributed by atoms with van der Waals surface area (Å²) in [4.78, 5) is 22.9. The zero-order valence-corrected chi connectivity index (χ0v) is 10.7. The number of carboxylic acids is 1. The molecule has 1 aliphatic rings. The third-order valence-electron chi connectivity index (χ3n) is 3.74. The topological polar surface area (TPSA) is 84.2 Å². The largest absolute Gasteiger partial charge is 0.481 e. The minimum atomic E-state index is -0.902. The number of aryl methyl sites for hydroxylation is 1. The van der Waals surface area contributed by atoms with E-state index in [1.54, 1.807) is 31.8 Å². The van der Waals surface area contributed by atoms with Crippen molar-refractivity contribution in [3.8, 4) is 0 Å². The molecule has 0 radical (unpaired) electrons. The molecule has 2 atom stereocenters. The molecule has 0 unspecified atom stereocenters. The number of aromatic nitrogens is 2. The van der Waals surface area contributed by atoms with E-state index in [-0.39, 0.29) is 5.91 Å². The highest BCUT2D eigenvalue weighted by Crippen LogP contribution is 2.58. The smallest absolute Gasteiger partial charge is 0.307 e. The normalized spacial score (nSPS) is 24.6. The number of nitrogens with one attached hydrogen (secondary N) is 1. The van der Waals surface area contributed by atoms with Crippen molar-refractivity contribution in [3.05, 3.63) is 18.0 Å². The molecule has 0 bridgehead atoms. The molecule has 0 saturated heterocycles. The van der Waals surface area contributed by atoms with Crippen LogP contribution in [0, 0.1) is 17.3 Å². The number of carbonyl (C=O) groups excluding carboxylic acids is 1. The highest BCUT2D eigenvalue weighted by atomic mass is 16.4. The van der Waals surface area contributed by atoms with E-state index < -0.39 is 23.2 Å². The van der Waals surface area contributed by atoms with E-state index in [0.717, 1.165) is 5.69 Å². The van der Waals surface area contributed by atoms with E-state index in [4.69, 9.17) is 5.11 Å². The molecule has 1 aromatic heterocycles. The van der Waals surface area contributed by atoms with Crippen LogP contribution in [0.4, 0.5) is 0 Å². The summed E-state index contributed by atoms with van der Waals surface area (Å²) in [7, 11) is 1.79. The van der Waals surface area contributed by atoms with Gasteiger partial charge in [0.05, 0.1) is 24.1 Å². The van der Waals surface area contributed by atoms with E-state index in [1.807, 2.05) is 6.07 Å². The molecular formula is C12H17N3O3. The van der Waals surface area contributed by atoms with Gasteiger partial charge in [-0.2, -0.15) is 5.10 Å². The predicted octanol–water partition coefficient (Wildman–Crippen LogP) is 0.393. The van der Waals surface area contributed by atoms with Crippen molar-refractivity contribution in [2.24, 2.45) is 24.3 Å². The van der Waals surface area contributed by atoms with Crippen molar-refractivity contribution in [2.75, 3.05) is 0 Å². The average Bonchev–Trinajstić information content (AvgIpc) is 2.62. The van der Waals surface area contributed by atoms with Crippen LogP contribution in [0.25, 0.3) is 0 Å². The van der Waals surface area contributed by atoms with Gasteiger partial charge in [-0.15, -0.1) is 0 Å². The first kappa shape index (κ1) is 12.6. The Kier molecular flexibility index (Phi) is 2.88. The third kappa shape index (κ3) is 1.98. The van der Waals surface area contributed by atoms with Gasteiger partial charge in [-0.1, -0.05) is 13.8 Å². The van der Waals surface area contributed by atoms with Crippen LogP contribution in [0.3, 0.4) is 0 Å². The molecule has 1 heterocycles. The third-order valence-corrected chi connectivity index (χ3v) is 3.74. The van der Waals surface area contributed by atoms with Crippen LogP contribution in [0.15, 0.2) is 12.3 Å². The van der Waals surface area contributed by atoms with E-state index in [1.165, 1.54) is 0 Å². The lowest BCUT2D eigenvalue weighted by atomic mass is 10.1. The minimum Gasteiger partial charge on any atom is -0.481 e. The molecule has 0 aliphatic heterocycles. The number of hydrogen-bond acceptors (Lipinski definition) is 3. The van der Waals surface area contributed by atoms with E-state index >= 15 is 0 Å². The fourth-order valence-corrected chi connectivity index (χ4v) is 2.45. The Bertz CT molecular complexity index is 493. The number of hydrogen-bond donors (Lipinski definition) is 2. The molecule has 0 aromatic carbocycles. The van der Waals surface area contributed by atoms with Crippen molar-refractivity contribution < 1.29 is 14.7 Å². The summed E-state index contributed by atoms with van der Waals surface area (Å²) in [5.74, 6) is -2.12. The second-order valence-electron chi connectivity index (χ2n) is 5.28. The summed E-state index contributed by atoms with van der Waals surface area (Å²) in [5, 5.41) is 15.8. The molecule has 6 nitrogen and oxygen atoms in total. The monoisotopic (exact) mass is 251 g/mol. The molecule has 1 amide bonds. The average molecular weight is 251 g/mol. The Morgan fingerprint density at radius 1 is 1.50 bits per heavy atom. The van der Waals surface area contributed by atoms with Gasteiger partial charge in [0, 0.05) is 13.2 Å². The lowest BCUT2D eigenvalue weighted by molar-refractivity contribution is -0.140. The van der Waals surface area contributed by atoms with E-state index in [9.17, 15) is 9.59 Å². The number of carboxylic acid groups (broad SMARTS) is 1. The van der Waals surface area contributed by atoms with Gasteiger partial charge in [0.15, 0.2) is 0 Å². The summed E-state index contributed by atoms with van der Waals surface area (Å²) < 4.78 is 1.67. The second-order valence-corrected chi connectivity index (χ2v) is 5.28. The Labute approximate surface area is 105 Å². The second kappa shape index (κ2) is 4.12. The van der Waals surface area contributed by atoms with Crippen molar-refractivity contribution in [1.29, 1.82) is 0 Å². The van der Waals surface area contributed by atoms with Crippen molar-refractivity contribution in [2.45, 2.75) is 20.4 Å². The predicted molar refractivity (Wildman–Crippen MR) is 63.5 cm³/mol. The SMILES string of the molecule is Cn1nccc1CNC(=O)[C@H]1[C@@H](C(=O)O)C1(C)C. The number of rotatable bonds is 4. The highest BCUT2D eigenvalue weighted by Gasteiger charge is 2.65. The van der Waals surface area contributed by atoms with Crippen LogP contribution in [-0.4, -0.2) is 26.8 Å². The van der Waals surface area contributed by atoms with Gasteiger partial charge in [-0.3, -0.25) is 14.3 Å². The summed E-state index contributed by atoms with van der Waals surface area (Å²) in [6, 6.07) is 1.81. The van der Waals surface area contributed by atoms with E-state index in [2.05, 4.69) is 10.4 Å². The number of aliphatic carboxylic acids is 1. The molecule has 98 valence electrons. The van der Waals surface area contributed by atoms with Gasteiger partial charge in [0.1, 0.15) is 0 Å². The van der Waals surface area contributed by atoms with Gasteiger partial charge >= 0.3 is 5.97 Å². The maximum Gasteiger partial charge on any atom is 0.307 e. The summed E-state index contributed by atoms with van der Waals surface area (Å²) in [6.45, 7) is 3.98. The molecular weight excluding hydrogens is 234 g/mol. The number of amides is 1.